The summed E-state index contributed by atoms with van der Waals surface area (Å²) in [5.41, 5.74) is 0.722. The van der Waals surface area contributed by atoms with Gasteiger partial charge >= 0.3 is 6.09 Å². The van der Waals surface area contributed by atoms with E-state index in [1.54, 1.807) is 0 Å². The molecule has 0 aliphatic heterocycles. The highest BCUT2D eigenvalue weighted by Crippen LogP contribution is 2.22. The lowest BCUT2D eigenvalue weighted by atomic mass is 10.1. The van der Waals surface area contributed by atoms with Crippen LogP contribution in [0, 0.1) is 6.92 Å². The van der Waals surface area contributed by atoms with Gasteiger partial charge in [-0.3, -0.25) is 0 Å². The Morgan fingerprint density at radius 3 is 2.50 bits per heavy atom. The Bertz CT molecular complexity index is 325. The number of ether oxygens (including phenoxy) is 1. The number of amides is 1. The molecule has 1 aromatic rings. The van der Waals surface area contributed by atoms with Crippen molar-refractivity contribution in [3.05, 3.63) is 16.3 Å². The van der Waals surface area contributed by atoms with Gasteiger partial charge in [-0.05, 0) is 33.1 Å². The van der Waals surface area contributed by atoms with E-state index in [1.165, 1.54) is 11.3 Å². The molecule has 0 unspecified atom stereocenters. The van der Waals surface area contributed by atoms with Gasteiger partial charge in [0.05, 0.1) is 0 Å². The van der Waals surface area contributed by atoms with Crippen molar-refractivity contribution in [1.82, 2.24) is 5.32 Å². The number of carbonyl (C=O) groups excluding carboxylic acids is 1. The van der Waals surface area contributed by atoms with E-state index in [-0.39, 0.29) is 5.54 Å². The van der Waals surface area contributed by atoms with Gasteiger partial charge in [-0.15, -0.1) is 11.3 Å². The predicted octanol–water partition coefficient (Wildman–Crippen LogP) is 2.94. The second-order valence-corrected chi connectivity index (χ2v) is 4.93. The van der Waals surface area contributed by atoms with E-state index in [9.17, 15) is 4.79 Å². The van der Waals surface area contributed by atoms with Gasteiger partial charge in [0.2, 0.25) is 0 Å². The molecule has 0 saturated carbocycles. The average molecular weight is 213 g/mol. The molecule has 0 saturated heterocycles. The van der Waals surface area contributed by atoms with Crippen LogP contribution in [-0.4, -0.2) is 11.6 Å². The van der Waals surface area contributed by atoms with E-state index in [1.807, 2.05) is 38.5 Å². The van der Waals surface area contributed by atoms with E-state index in [0.29, 0.717) is 5.75 Å². The van der Waals surface area contributed by atoms with Crippen molar-refractivity contribution in [2.75, 3.05) is 0 Å². The Hall–Kier alpha value is -1.03. The molecule has 1 aromatic heterocycles. The Morgan fingerprint density at radius 1 is 1.43 bits per heavy atom. The van der Waals surface area contributed by atoms with Crippen LogP contribution in [0.5, 0.6) is 5.75 Å². The minimum absolute atomic E-state index is 0.263. The number of thiophene rings is 1. The number of nitrogens with one attached hydrogen (secondary N) is 1. The van der Waals surface area contributed by atoms with Crippen LogP contribution in [0.4, 0.5) is 4.79 Å². The summed E-state index contributed by atoms with van der Waals surface area (Å²) >= 11 is 1.52. The van der Waals surface area contributed by atoms with Crippen LogP contribution in [0.15, 0.2) is 10.8 Å². The maximum atomic E-state index is 11.3. The molecule has 0 atom stereocenters. The molecule has 4 heteroatoms. The highest BCUT2D eigenvalue weighted by molar-refractivity contribution is 7.08. The number of aryl methyl sites for hydroxylation is 1. The monoisotopic (exact) mass is 213 g/mol. The van der Waals surface area contributed by atoms with E-state index in [2.05, 4.69) is 5.32 Å². The van der Waals surface area contributed by atoms with E-state index < -0.39 is 6.09 Å². The minimum Gasteiger partial charge on any atom is -0.409 e. The molecule has 1 N–H and O–H groups in total. The Balaban J connectivity index is 2.54. The van der Waals surface area contributed by atoms with Gasteiger partial charge in [-0.2, -0.15) is 0 Å². The Morgan fingerprint density at radius 2 is 2.07 bits per heavy atom. The summed E-state index contributed by atoms with van der Waals surface area (Å²) in [6.45, 7) is 7.65. The van der Waals surface area contributed by atoms with Gasteiger partial charge in [0, 0.05) is 16.5 Å². The first-order valence-electron chi connectivity index (χ1n) is 4.41. The van der Waals surface area contributed by atoms with E-state index in [4.69, 9.17) is 4.74 Å². The molecule has 3 nitrogen and oxygen atoms in total. The molecule has 14 heavy (non-hydrogen) atoms. The summed E-state index contributed by atoms with van der Waals surface area (Å²) < 4.78 is 5.12. The second kappa shape index (κ2) is 4.00. The zero-order valence-electron chi connectivity index (χ0n) is 8.88. The molecular formula is C10H15NO2S. The zero-order valence-corrected chi connectivity index (χ0v) is 9.70. The van der Waals surface area contributed by atoms with Gasteiger partial charge < -0.3 is 10.1 Å². The molecular weight excluding hydrogens is 198 g/mol. The minimum atomic E-state index is -0.404. The molecule has 0 aromatic carbocycles. The predicted molar refractivity (Wildman–Crippen MR) is 58.0 cm³/mol. The van der Waals surface area contributed by atoms with Crippen molar-refractivity contribution >= 4 is 17.4 Å². The van der Waals surface area contributed by atoms with Gasteiger partial charge in [0.25, 0.3) is 0 Å². The third kappa shape index (κ3) is 3.38. The first-order valence-corrected chi connectivity index (χ1v) is 5.35. The molecule has 0 spiro atoms. The van der Waals surface area contributed by atoms with Crippen LogP contribution in [0.2, 0.25) is 0 Å². The quantitative estimate of drug-likeness (QED) is 0.779. The van der Waals surface area contributed by atoms with Crippen LogP contribution in [0.3, 0.4) is 0 Å². The maximum absolute atomic E-state index is 11.3. The Labute approximate surface area is 88.1 Å². The number of hydrogen-bond acceptors (Lipinski definition) is 3. The van der Waals surface area contributed by atoms with Crippen molar-refractivity contribution in [3.63, 3.8) is 0 Å². The highest BCUT2D eigenvalue weighted by Gasteiger charge is 2.15. The number of carbonyl (C=O) groups is 1. The highest BCUT2D eigenvalue weighted by atomic mass is 32.1. The SMILES string of the molecule is Cc1cscc1OC(=O)NC(C)(C)C. The van der Waals surface area contributed by atoms with Crippen LogP contribution in [0.25, 0.3) is 0 Å². The fourth-order valence-electron chi connectivity index (χ4n) is 0.885. The number of hydrogen-bond donors (Lipinski definition) is 1. The van der Waals surface area contributed by atoms with Gasteiger partial charge in [0.15, 0.2) is 0 Å². The van der Waals surface area contributed by atoms with Gasteiger partial charge in [0.1, 0.15) is 5.75 Å². The van der Waals surface area contributed by atoms with Crippen molar-refractivity contribution in [1.29, 1.82) is 0 Å². The molecule has 1 heterocycles. The summed E-state index contributed by atoms with van der Waals surface area (Å²) in [7, 11) is 0. The topological polar surface area (TPSA) is 38.3 Å². The summed E-state index contributed by atoms with van der Waals surface area (Å²) in [6, 6.07) is 0. The summed E-state index contributed by atoms with van der Waals surface area (Å²) in [5.74, 6) is 0.636. The largest absolute Gasteiger partial charge is 0.413 e. The molecule has 1 rings (SSSR count). The Kier molecular flexibility index (Phi) is 3.16. The van der Waals surface area contributed by atoms with Crippen LogP contribution in [-0.2, 0) is 0 Å². The number of rotatable bonds is 1. The summed E-state index contributed by atoms with van der Waals surface area (Å²) in [6.07, 6.45) is -0.404. The van der Waals surface area contributed by atoms with Crippen LogP contribution < -0.4 is 10.1 Å². The average Bonchev–Trinajstić information content (AvgIpc) is 2.32. The van der Waals surface area contributed by atoms with Crippen molar-refractivity contribution in [2.24, 2.45) is 0 Å². The fraction of sp³-hybridized carbons (Fsp3) is 0.500. The smallest absolute Gasteiger partial charge is 0.409 e. The maximum Gasteiger partial charge on any atom is 0.413 e. The van der Waals surface area contributed by atoms with Crippen molar-refractivity contribution in [2.45, 2.75) is 33.2 Å². The third-order valence-electron chi connectivity index (χ3n) is 1.49. The normalized spacial score (nSPS) is 11.1. The van der Waals surface area contributed by atoms with Gasteiger partial charge in [-0.1, -0.05) is 0 Å². The molecule has 0 aliphatic carbocycles. The van der Waals surface area contributed by atoms with Gasteiger partial charge in [-0.25, -0.2) is 4.79 Å². The second-order valence-electron chi connectivity index (χ2n) is 4.18. The lowest BCUT2D eigenvalue weighted by Gasteiger charge is -2.19. The van der Waals surface area contributed by atoms with E-state index in [0.717, 1.165) is 5.56 Å². The lowest BCUT2D eigenvalue weighted by Crippen LogP contribution is -2.42. The standard InChI is InChI=1S/C10H15NO2S/c1-7-5-14-6-8(7)13-9(12)11-10(2,3)4/h5-6H,1-4H3,(H,11,12). The third-order valence-corrected chi connectivity index (χ3v) is 2.33. The molecule has 0 bridgehead atoms. The molecule has 0 aliphatic rings. The molecule has 78 valence electrons. The zero-order chi connectivity index (χ0) is 10.8. The lowest BCUT2D eigenvalue weighted by molar-refractivity contribution is 0.190. The van der Waals surface area contributed by atoms with Crippen LogP contribution >= 0.6 is 11.3 Å². The van der Waals surface area contributed by atoms with E-state index >= 15 is 0 Å². The first-order chi connectivity index (χ1) is 6.38. The molecule has 0 radical (unpaired) electrons. The first kappa shape index (κ1) is 11.0. The summed E-state index contributed by atoms with van der Waals surface area (Å²) in [5, 5.41) is 6.49. The molecule has 0 fully saturated rings. The summed E-state index contributed by atoms with van der Waals surface area (Å²) in [4.78, 5) is 11.3. The molecule has 1 amide bonds. The van der Waals surface area contributed by atoms with Crippen LogP contribution in [0.1, 0.15) is 26.3 Å². The van der Waals surface area contributed by atoms with Crippen molar-refractivity contribution < 1.29 is 9.53 Å². The van der Waals surface area contributed by atoms with Crippen molar-refractivity contribution in [3.8, 4) is 5.75 Å². The fourth-order valence-corrected chi connectivity index (χ4v) is 1.63.